The van der Waals surface area contributed by atoms with E-state index in [1.54, 1.807) is 42.5 Å². The Labute approximate surface area is 105 Å². The van der Waals surface area contributed by atoms with Crippen LogP contribution in [0.15, 0.2) is 42.5 Å². The number of hydrogen-bond donors (Lipinski definition) is 2. The van der Waals surface area contributed by atoms with Gasteiger partial charge in [-0.05, 0) is 42.5 Å². The molecule has 0 aliphatic carbocycles. The molecule has 0 aliphatic rings. The number of benzene rings is 2. The number of nitrogens with one attached hydrogen (secondary N) is 1. The molecule has 0 unspecified atom stereocenters. The standard InChI is InChI=1S/C14H10N4/c15-8-10-1-3-13(4-2-10)18-14-6-11(9-16)5-12(17)7-14/h1-7,18H,17H2. The number of rotatable bonds is 2. The molecule has 0 aromatic heterocycles. The van der Waals surface area contributed by atoms with Crippen LogP contribution >= 0.6 is 0 Å². The highest BCUT2D eigenvalue weighted by Gasteiger charge is 1.99. The minimum absolute atomic E-state index is 0.506. The Bertz CT molecular complexity index is 645. The minimum atomic E-state index is 0.506. The highest BCUT2D eigenvalue weighted by molar-refractivity contribution is 5.66. The minimum Gasteiger partial charge on any atom is -0.399 e. The summed E-state index contributed by atoms with van der Waals surface area (Å²) in [7, 11) is 0. The number of anilines is 3. The molecule has 18 heavy (non-hydrogen) atoms. The second-order valence-corrected chi connectivity index (χ2v) is 3.77. The third-order valence-corrected chi connectivity index (χ3v) is 2.39. The van der Waals surface area contributed by atoms with Gasteiger partial charge in [-0.2, -0.15) is 10.5 Å². The van der Waals surface area contributed by atoms with E-state index in [0.29, 0.717) is 16.8 Å². The van der Waals surface area contributed by atoms with Crippen molar-refractivity contribution in [1.29, 1.82) is 10.5 Å². The first-order valence-electron chi connectivity index (χ1n) is 5.29. The summed E-state index contributed by atoms with van der Waals surface area (Å²) in [6.07, 6.45) is 0. The van der Waals surface area contributed by atoms with Crippen molar-refractivity contribution in [2.75, 3.05) is 11.1 Å². The van der Waals surface area contributed by atoms with Crippen molar-refractivity contribution in [3.8, 4) is 12.1 Å². The van der Waals surface area contributed by atoms with Gasteiger partial charge in [0.1, 0.15) is 0 Å². The van der Waals surface area contributed by atoms with E-state index < -0.39 is 0 Å². The fourth-order valence-electron chi connectivity index (χ4n) is 1.58. The zero-order valence-corrected chi connectivity index (χ0v) is 9.51. The van der Waals surface area contributed by atoms with Gasteiger partial charge in [0.25, 0.3) is 0 Å². The van der Waals surface area contributed by atoms with Gasteiger partial charge in [0, 0.05) is 17.1 Å². The van der Waals surface area contributed by atoms with Crippen molar-refractivity contribution in [2.45, 2.75) is 0 Å². The monoisotopic (exact) mass is 234 g/mol. The lowest BCUT2D eigenvalue weighted by Gasteiger charge is -2.07. The smallest absolute Gasteiger partial charge is 0.0993 e. The number of nitrogen functional groups attached to an aromatic ring is 1. The SMILES string of the molecule is N#Cc1ccc(Nc2cc(N)cc(C#N)c2)cc1. The molecule has 0 saturated heterocycles. The van der Waals surface area contributed by atoms with Crippen molar-refractivity contribution in [3.05, 3.63) is 53.6 Å². The third-order valence-electron chi connectivity index (χ3n) is 2.39. The van der Waals surface area contributed by atoms with Crippen LogP contribution < -0.4 is 11.1 Å². The lowest BCUT2D eigenvalue weighted by molar-refractivity contribution is 1.46. The molecule has 0 aliphatic heterocycles. The lowest BCUT2D eigenvalue weighted by atomic mass is 10.1. The van der Waals surface area contributed by atoms with Crippen LogP contribution in [-0.2, 0) is 0 Å². The number of hydrogen-bond acceptors (Lipinski definition) is 4. The maximum absolute atomic E-state index is 8.85. The Morgan fingerprint density at radius 1 is 0.833 bits per heavy atom. The molecule has 0 amide bonds. The summed E-state index contributed by atoms with van der Waals surface area (Å²) in [4.78, 5) is 0. The van der Waals surface area contributed by atoms with Gasteiger partial charge in [0.05, 0.1) is 23.3 Å². The molecule has 0 radical (unpaired) electrons. The Morgan fingerprint density at radius 2 is 1.50 bits per heavy atom. The van der Waals surface area contributed by atoms with Crippen LogP contribution in [0.1, 0.15) is 11.1 Å². The van der Waals surface area contributed by atoms with Crippen LogP contribution in [0.2, 0.25) is 0 Å². The fraction of sp³-hybridized carbons (Fsp3) is 0. The Balaban J connectivity index is 2.26. The molecule has 0 atom stereocenters. The van der Waals surface area contributed by atoms with E-state index in [-0.39, 0.29) is 0 Å². The van der Waals surface area contributed by atoms with Crippen molar-refractivity contribution in [3.63, 3.8) is 0 Å². The predicted molar refractivity (Wildman–Crippen MR) is 70.0 cm³/mol. The summed E-state index contributed by atoms with van der Waals surface area (Å²) >= 11 is 0. The van der Waals surface area contributed by atoms with E-state index >= 15 is 0 Å². The summed E-state index contributed by atoms with van der Waals surface area (Å²) in [5.74, 6) is 0. The summed E-state index contributed by atoms with van der Waals surface area (Å²) in [5.41, 5.74) is 8.92. The Morgan fingerprint density at radius 3 is 2.11 bits per heavy atom. The first-order valence-corrected chi connectivity index (χ1v) is 5.29. The molecular formula is C14H10N4. The normalized spacial score (nSPS) is 9.22. The van der Waals surface area contributed by atoms with Crippen molar-refractivity contribution < 1.29 is 0 Å². The Kier molecular flexibility index (Phi) is 3.13. The van der Waals surface area contributed by atoms with Gasteiger partial charge in [-0.25, -0.2) is 0 Å². The number of nitrogens with two attached hydrogens (primary N) is 1. The maximum atomic E-state index is 8.85. The van der Waals surface area contributed by atoms with E-state index in [9.17, 15) is 0 Å². The van der Waals surface area contributed by atoms with Crippen LogP contribution in [0, 0.1) is 22.7 Å². The first kappa shape index (κ1) is 11.5. The maximum Gasteiger partial charge on any atom is 0.0993 e. The van der Waals surface area contributed by atoms with Crippen molar-refractivity contribution in [1.82, 2.24) is 0 Å². The second kappa shape index (κ2) is 4.90. The third kappa shape index (κ3) is 2.58. The second-order valence-electron chi connectivity index (χ2n) is 3.77. The van der Waals surface area contributed by atoms with Gasteiger partial charge >= 0.3 is 0 Å². The molecule has 0 fully saturated rings. The first-order chi connectivity index (χ1) is 8.71. The molecule has 2 aromatic rings. The molecule has 2 aromatic carbocycles. The molecule has 3 N–H and O–H groups in total. The lowest BCUT2D eigenvalue weighted by Crippen LogP contribution is -1.94. The van der Waals surface area contributed by atoms with Crippen LogP contribution in [0.4, 0.5) is 17.1 Å². The van der Waals surface area contributed by atoms with Crippen LogP contribution in [-0.4, -0.2) is 0 Å². The van der Waals surface area contributed by atoms with Crippen LogP contribution in [0.5, 0.6) is 0 Å². The van der Waals surface area contributed by atoms with Gasteiger partial charge < -0.3 is 11.1 Å². The molecule has 0 bridgehead atoms. The summed E-state index contributed by atoms with van der Waals surface area (Å²) in [6, 6.07) is 16.2. The number of nitrogens with zero attached hydrogens (tertiary/aromatic N) is 2. The van der Waals surface area contributed by atoms with Gasteiger partial charge in [-0.15, -0.1) is 0 Å². The van der Waals surface area contributed by atoms with E-state index in [0.717, 1.165) is 11.4 Å². The Hall–Kier alpha value is -2.98. The van der Waals surface area contributed by atoms with Crippen LogP contribution in [0.3, 0.4) is 0 Å². The molecule has 4 nitrogen and oxygen atoms in total. The largest absolute Gasteiger partial charge is 0.399 e. The topological polar surface area (TPSA) is 85.6 Å². The van der Waals surface area contributed by atoms with E-state index in [1.807, 2.05) is 6.07 Å². The van der Waals surface area contributed by atoms with E-state index in [4.69, 9.17) is 16.3 Å². The van der Waals surface area contributed by atoms with E-state index in [1.165, 1.54) is 0 Å². The van der Waals surface area contributed by atoms with Gasteiger partial charge in [-0.1, -0.05) is 0 Å². The van der Waals surface area contributed by atoms with E-state index in [2.05, 4.69) is 11.4 Å². The zero-order chi connectivity index (χ0) is 13.0. The van der Waals surface area contributed by atoms with Crippen molar-refractivity contribution in [2.24, 2.45) is 0 Å². The van der Waals surface area contributed by atoms with Crippen LogP contribution in [0.25, 0.3) is 0 Å². The summed E-state index contributed by atoms with van der Waals surface area (Å²) in [5, 5.41) is 20.7. The molecule has 2 rings (SSSR count). The summed E-state index contributed by atoms with van der Waals surface area (Å²) in [6.45, 7) is 0. The molecule has 86 valence electrons. The van der Waals surface area contributed by atoms with Crippen molar-refractivity contribution >= 4 is 17.1 Å². The van der Waals surface area contributed by atoms with Gasteiger partial charge in [0.15, 0.2) is 0 Å². The number of nitriles is 2. The average Bonchev–Trinajstić information content (AvgIpc) is 2.39. The summed E-state index contributed by atoms with van der Waals surface area (Å²) < 4.78 is 0. The highest BCUT2D eigenvalue weighted by Crippen LogP contribution is 2.21. The molecular weight excluding hydrogens is 224 g/mol. The molecule has 0 spiro atoms. The fourth-order valence-corrected chi connectivity index (χ4v) is 1.58. The average molecular weight is 234 g/mol. The van der Waals surface area contributed by atoms with Gasteiger partial charge in [0.2, 0.25) is 0 Å². The predicted octanol–water partition coefficient (Wildman–Crippen LogP) is 2.76. The molecule has 0 heterocycles. The quantitative estimate of drug-likeness (QED) is 0.782. The van der Waals surface area contributed by atoms with Gasteiger partial charge in [-0.3, -0.25) is 0 Å². The molecule has 0 saturated carbocycles. The highest BCUT2D eigenvalue weighted by atomic mass is 14.9. The molecule has 4 heteroatoms. The zero-order valence-electron chi connectivity index (χ0n) is 9.51.